The lowest BCUT2D eigenvalue weighted by Gasteiger charge is -2.42. The Bertz CT molecular complexity index is 192. The molecule has 0 saturated heterocycles. The van der Waals surface area contributed by atoms with Crippen molar-refractivity contribution in [3.63, 3.8) is 0 Å². The van der Waals surface area contributed by atoms with Crippen molar-refractivity contribution >= 4 is 0 Å². The number of nitrogens with one attached hydrogen (secondary N) is 1. The third kappa shape index (κ3) is 4.14. The highest BCUT2D eigenvalue weighted by Crippen LogP contribution is 2.44. The van der Waals surface area contributed by atoms with Gasteiger partial charge in [-0.05, 0) is 48.9 Å². The minimum absolute atomic E-state index is 0.228. The molecule has 0 aromatic heterocycles. The largest absolute Gasteiger partial charge is 0.255 e. The van der Waals surface area contributed by atoms with Crippen molar-refractivity contribution in [2.45, 2.75) is 72.8 Å². The van der Waals surface area contributed by atoms with Gasteiger partial charge < -0.3 is 0 Å². The van der Waals surface area contributed by atoms with E-state index in [1.54, 1.807) is 0 Å². The molecule has 0 aromatic carbocycles. The van der Waals surface area contributed by atoms with Crippen molar-refractivity contribution in [1.29, 1.82) is 0 Å². The molecule has 0 bridgehead atoms. The van der Waals surface area contributed by atoms with Gasteiger partial charge in [0.05, 0.1) is 0 Å². The third-order valence-corrected chi connectivity index (χ3v) is 3.82. The van der Waals surface area contributed by atoms with E-state index in [0.29, 0.717) is 10.8 Å². The quantitative estimate of drug-likeness (QED) is 0.649. The Hall–Kier alpha value is -0.0400. The minimum Gasteiger partial charge on any atom is -0.255 e. The molecule has 1 aliphatic rings. The maximum absolute atomic E-state index is 7.75. The highest BCUT2D eigenvalue weighted by atomic mass is 14.6. The summed E-state index contributed by atoms with van der Waals surface area (Å²) in [6.07, 6.45) is 6.10. The van der Waals surface area contributed by atoms with Gasteiger partial charge in [0.15, 0.2) is 0 Å². The Balaban J connectivity index is 2.54. The highest BCUT2D eigenvalue weighted by Gasteiger charge is 2.35. The van der Waals surface area contributed by atoms with Crippen LogP contribution in [0.1, 0.15) is 66.7 Å². The molecule has 89 valence electrons. The molecule has 0 aliphatic heterocycles. The summed E-state index contributed by atoms with van der Waals surface area (Å²) in [6, 6.07) is 0.228. The molecule has 1 fully saturated rings. The molecule has 1 heteroatoms. The molecule has 1 radical (unpaired) electrons. The number of rotatable bonds is 2. The van der Waals surface area contributed by atoms with E-state index in [-0.39, 0.29) is 6.04 Å². The molecule has 0 aromatic rings. The van der Waals surface area contributed by atoms with E-state index >= 15 is 0 Å². The zero-order valence-electron chi connectivity index (χ0n) is 11.2. The van der Waals surface area contributed by atoms with Crippen LogP contribution in [0, 0.1) is 16.7 Å². The summed E-state index contributed by atoms with van der Waals surface area (Å²) in [7, 11) is 0. The fraction of sp³-hybridized carbons (Fsp3) is 1.00. The van der Waals surface area contributed by atoms with Gasteiger partial charge in [0.1, 0.15) is 0 Å². The van der Waals surface area contributed by atoms with Gasteiger partial charge >= 0.3 is 0 Å². The lowest BCUT2D eigenvalue weighted by atomic mass is 9.64. The summed E-state index contributed by atoms with van der Waals surface area (Å²) in [6.45, 7) is 11.9. The topological polar surface area (TPSA) is 23.8 Å². The van der Waals surface area contributed by atoms with Crippen LogP contribution in [0.3, 0.4) is 0 Å². The molecular weight excluding hydrogens is 182 g/mol. The molecule has 1 N–H and O–H groups in total. The molecular formula is C14H28N. The van der Waals surface area contributed by atoms with Crippen LogP contribution in [-0.4, -0.2) is 6.04 Å². The van der Waals surface area contributed by atoms with E-state index in [0.717, 1.165) is 18.8 Å². The predicted octanol–water partition coefficient (Wildman–Crippen LogP) is 4.29. The molecule has 0 atom stereocenters. The smallest absolute Gasteiger partial charge is 0.0213 e. The molecule has 15 heavy (non-hydrogen) atoms. The second-order valence-corrected chi connectivity index (χ2v) is 7.27. The van der Waals surface area contributed by atoms with Gasteiger partial charge in [-0.3, -0.25) is 5.73 Å². The van der Waals surface area contributed by atoms with Crippen molar-refractivity contribution in [2.75, 3.05) is 0 Å². The van der Waals surface area contributed by atoms with Crippen molar-refractivity contribution in [3.8, 4) is 0 Å². The van der Waals surface area contributed by atoms with Gasteiger partial charge in [-0.2, -0.15) is 0 Å². The molecule has 1 saturated carbocycles. The minimum atomic E-state index is 0.228. The molecule has 1 aliphatic carbocycles. The van der Waals surface area contributed by atoms with Crippen LogP contribution in [0.4, 0.5) is 0 Å². The number of hydrogen-bond donors (Lipinski definition) is 0. The summed E-state index contributed by atoms with van der Waals surface area (Å²) >= 11 is 0. The SMILES string of the molecule is CC(C)(C)CC(C)(C)C1CCC([NH])CC1. The lowest BCUT2D eigenvalue weighted by molar-refractivity contribution is 0.0945. The molecule has 1 rings (SSSR count). The summed E-state index contributed by atoms with van der Waals surface area (Å²) in [5.41, 5.74) is 8.63. The van der Waals surface area contributed by atoms with Crippen LogP contribution in [0.25, 0.3) is 0 Å². The fourth-order valence-corrected chi connectivity index (χ4v) is 3.39. The van der Waals surface area contributed by atoms with E-state index in [2.05, 4.69) is 34.6 Å². The maximum Gasteiger partial charge on any atom is 0.0213 e. The fourth-order valence-electron chi connectivity index (χ4n) is 3.39. The van der Waals surface area contributed by atoms with Crippen molar-refractivity contribution in [3.05, 3.63) is 0 Å². The van der Waals surface area contributed by atoms with Crippen LogP contribution < -0.4 is 5.73 Å². The first-order valence-corrected chi connectivity index (χ1v) is 6.42. The average Bonchev–Trinajstić information content (AvgIpc) is 2.00. The standard InChI is InChI=1S/C14H28N/c1-13(2,3)10-14(4,5)11-6-8-12(15)9-7-11/h11-12,15H,6-10H2,1-5H3. The first-order valence-electron chi connectivity index (χ1n) is 6.42. The summed E-state index contributed by atoms with van der Waals surface area (Å²) in [5, 5.41) is 0. The third-order valence-electron chi connectivity index (χ3n) is 3.82. The van der Waals surface area contributed by atoms with Crippen molar-refractivity contribution in [1.82, 2.24) is 5.73 Å². The van der Waals surface area contributed by atoms with Crippen molar-refractivity contribution in [2.24, 2.45) is 16.7 Å². The lowest BCUT2D eigenvalue weighted by Crippen LogP contribution is -2.33. The zero-order chi connectivity index (χ0) is 11.7. The van der Waals surface area contributed by atoms with Crippen LogP contribution in [-0.2, 0) is 0 Å². The number of hydrogen-bond acceptors (Lipinski definition) is 0. The van der Waals surface area contributed by atoms with E-state index < -0.39 is 0 Å². The van der Waals surface area contributed by atoms with Gasteiger partial charge in [-0.25, -0.2) is 0 Å². The average molecular weight is 210 g/mol. The van der Waals surface area contributed by atoms with Crippen LogP contribution in [0.15, 0.2) is 0 Å². The zero-order valence-corrected chi connectivity index (χ0v) is 11.2. The summed E-state index contributed by atoms with van der Waals surface area (Å²) in [4.78, 5) is 0. The molecule has 0 spiro atoms. The predicted molar refractivity (Wildman–Crippen MR) is 66.7 cm³/mol. The highest BCUT2D eigenvalue weighted by molar-refractivity contribution is 4.86. The van der Waals surface area contributed by atoms with Gasteiger partial charge in [-0.1, -0.05) is 34.6 Å². The Morgan fingerprint density at radius 1 is 0.933 bits per heavy atom. The first kappa shape index (κ1) is 13.0. The van der Waals surface area contributed by atoms with Gasteiger partial charge in [-0.15, -0.1) is 0 Å². The Morgan fingerprint density at radius 3 is 1.80 bits per heavy atom. The normalized spacial score (nSPS) is 29.2. The Kier molecular flexibility index (Phi) is 3.86. The van der Waals surface area contributed by atoms with E-state index in [9.17, 15) is 0 Å². The summed E-state index contributed by atoms with van der Waals surface area (Å²) in [5.74, 6) is 0.846. The maximum atomic E-state index is 7.75. The van der Waals surface area contributed by atoms with Gasteiger partial charge in [0, 0.05) is 6.04 Å². The van der Waals surface area contributed by atoms with Gasteiger partial charge in [0.2, 0.25) is 0 Å². The molecule has 0 heterocycles. The second-order valence-electron chi connectivity index (χ2n) is 7.27. The van der Waals surface area contributed by atoms with Crippen LogP contribution >= 0.6 is 0 Å². The van der Waals surface area contributed by atoms with Crippen LogP contribution in [0.2, 0.25) is 0 Å². The molecule has 1 nitrogen and oxygen atoms in total. The molecule has 0 unspecified atom stereocenters. The van der Waals surface area contributed by atoms with E-state index in [1.807, 2.05) is 0 Å². The second kappa shape index (κ2) is 4.45. The first-order chi connectivity index (χ1) is 6.71. The monoisotopic (exact) mass is 210 g/mol. The van der Waals surface area contributed by atoms with Crippen LogP contribution in [0.5, 0.6) is 0 Å². The Labute approximate surface area is 95.8 Å². The Morgan fingerprint density at radius 2 is 1.40 bits per heavy atom. The molecule has 0 amide bonds. The van der Waals surface area contributed by atoms with E-state index in [4.69, 9.17) is 5.73 Å². The van der Waals surface area contributed by atoms with Gasteiger partial charge in [0.25, 0.3) is 0 Å². The summed E-state index contributed by atoms with van der Waals surface area (Å²) < 4.78 is 0. The van der Waals surface area contributed by atoms with E-state index in [1.165, 1.54) is 19.3 Å². The van der Waals surface area contributed by atoms with Crippen molar-refractivity contribution < 1.29 is 0 Å².